The zero-order valence-electron chi connectivity index (χ0n) is 20.4. The van der Waals surface area contributed by atoms with E-state index in [9.17, 15) is 9.59 Å². The summed E-state index contributed by atoms with van der Waals surface area (Å²) in [7, 11) is 2.11. The third kappa shape index (κ3) is 4.46. The number of nitrogens with two attached hydrogens (primary N) is 1. The third-order valence-corrected chi connectivity index (χ3v) is 6.77. The van der Waals surface area contributed by atoms with Crippen molar-refractivity contribution in [3.63, 3.8) is 0 Å². The molecule has 1 atom stereocenters. The number of fused-ring (bicyclic) bond motifs is 1. The van der Waals surface area contributed by atoms with Gasteiger partial charge in [-0.3, -0.25) is 19.5 Å². The van der Waals surface area contributed by atoms with Gasteiger partial charge in [0.2, 0.25) is 11.7 Å². The number of nitrogens with zero attached hydrogens (tertiary/aromatic N) is 3. The number of Topliss-reactive ketones (excluding diaryl/α,β-unsaturated/α-hetero) is 1. The Kier molecular flexibility index (Phi) is 6.50. The lowest BCUT2D eigenvalue weighted by Gasteiger charge is -2.24. The summed E-state index contributed by atoms with van der Waals surface area (Å²) in [6.45, 7) is 4.48. The Labute approximate surface area is 210 Å². The number of primary amides is 1. The standard InChI is InChI=1S/C29H29N5O2/c1-3-33(2)17-22-7-4-5-10-24(22)19-11-13-20(14-12-19)26-28(35)27-25(16-31-26)32-18-34(27)23-9-6-8-21(15-23)29(30)36/h4-15,18,26,31H,3,16-17H2,1-2H3,(H2,30,36). The van der Waals surface area contributed by atoms with Crippen molar-refractivity contribution in [2.24, 2.45) is 5.73 Å². The van der Waals surface area contributed by atoms with Crippen LogP contribution in [0.3, 0.4) is 0 Å². The summed E-state index contributed by atoms with van der Waals surface area (Å²) in [5.41, 5.74) is 12.2. The Hall–Kier alpha value is -4.07. The Morgan fingerprint density at radius 2 is 1.89 bits per heavy atom. The molecule has 3 N–H and O–H groups in total. The molecule has 1 aliphatic heterocycles. The molecule has 0 spiro atoms. The fourth-order valence-corrected chi connectivity index (χ4v) is 4.68. The molecule has 0 saturated heterocycles. The molecule has 7 nitrogen and oxygen atoms in total. The molecule has 7 heteroatoms. The number of hydrogen-bond acceptors (Lipinski definition) is 5. The van der Waals surface area contributed by atoms with E-state index >= 15 is 0 Å². The van der Waals surface area contributed by atoms with Crippen LogP contribution in [0.2, 0.25) is 0 Å². The monoisotopic (exact) mass is 479 g/mol. The number of carbonyl (C=O) groups excluding carboxylic acids is 2. The van der Waals surface area contributed by atoms with Crippen LogP contribution in [0, 0.1) is 0 Å². The number of hydrogen-bond donors (Lipinski definition) is 2. The quantitative estimate of drug-likeness (QED) is 0.416. The van der Waals surface area contributed by atoms with E-state index in [1.54, 1.807) is 29.1 Å². The van der Waals surface area contributed by atoms with Crippen LogP contribution in [0.1, 0.15) is 50.6 Å². The van der Waals surface area contributed by atoms with Crippen molar-refractivity contribution in [1.29, 1.82) is 0 Å². The van der Waals surface area contributed by atoms with E-state index in [1.165, 1.54) is 11.1 Å². The van der Waals surface area contributed by atoms with Gasteiger partial charge in [0.1, 0.15) is 12.0 Å². The molecule has 0 bridgehead atoms. The van der Waals surface area contributed by atoms with Gasteiger partial charge in [-0.15, -0.1) is 0 Å². The number of imidazole rings is 1. The number of ketones is 1. The average Bonchev–Trinajstić information content (AvgIpc) is 3.35. The molecule has 1 unspecified atom stereocenters. The van der Waals surface area contributed by atoms with Crippen molar-refractivity contribution in [1.82, 2.24) is 19.8 Å². The fraction of sp³-hybridized carbons (Fsp3) is 0.207. The zero-order valence-corrected chi connectivity index (χ0v) is 20.4. The lowest BCUT2D eigenvalue weighted by Crippen LogP contribution is -2.35. The molecule has 2 heterocycles. The second-order valence-corrected chi connectivity index (χ2v) is 9.11. The molecule has 0 fully saturated rings. The first-order valence-electron chi connectivity index (χ1n) is 12.1. The predicted molar refractivity (Wildman–Crippen MR) is 140 cm³/mol. The van der Waals surface area contributed by atoms with Gasteiger partial charge in [-0.2, -0.15) is 0 Å². The Balaban J connectivity index is 1.44. The molecule has 3 aromatic carbocycles. The molecular formula is C29H29N5O2. The molecule has 5 rings (SSSR count). The minimum Gasteiger partial charge on any atom is -0.366 e. The number of aromatic nitrogens is 2. The predicted octanol–water partition coefficient (Wildman–Crippen LogP) is 4.12. The normalized spacial score (nSPS) is 15.2. The molecule has 1 aliphatic rings. The largest absolute Gasteiger partial charge is 0.366 e. The van der Waals surface area contributed by atoms with Crippen molar-refractivity contribution in [3.05, 3.63) is 107 Å². The van der Waals surface area contributed by atoms with Crippen LogP contribution in [0.15, 0.2) is 79.1 Å². The Morgan fingerprint density at radius 1 is 1.11 bits per heavy atom. The van der Waals surface area contributed by atoms with E-state index in [4.69, 9.17) is 5.73 Å². The highest BCUT2D eigenvalue weighted by atomic mass is 16.1. The molecule has 4 aromatic rings. The number of amides is 1. The molecule has 1 aromatic heterocycles. The van der Waals surface area contributed by atoms with Gasteiger partial charge in [0, 0.05) is 24.3 Å². The van der Waals surface area contributed by atoms with Crippen LogP contribution < -0.4 is 11.1 Å². The molecular weight excluding hydrogens is 450 g/mol. The summed E-state index contributed by atoms with van der Waals surface area (Å²) in [6, 6.07) is 23.1. The van der Waals surface area contributed by atoms with Gasteiger partial charge < -0.3 is 10.6 Å². The van der Waals surface area contributed by atoms with Crippen molar-refractivity contribution in [2.75, 3.05) is 13.6 Å². The van der Waals surface area contributed by atoms with Gasteiger partial charge in [-0.25, -0.2) is 4.98 Å². The number of rotatable bonds is 7. The lowest BCUT2D eigenvalue weighted by atomic mass is 9.93. The van der Waals surface area contributed by atoms with Gasteiger partial charge in [-0.1, -0.05) is 61.5 Å². The zero-order chi connectivity index (χ0) is 25.2. The smallest absolute Gasteiger partial charge is 0.248 e. The van der Waals surface area contributed by atoms with Crippen molar-refractivity contribution < 1.29 is 9.59 Å². The van der Waals surface area contributed by atoms with Gasteiger partial charge in [0.25, 0.3) is 0 Å². The molecule has 1 amide bonds. The first-order valence-corrected chi connectivity index (χ1v) is 12.1. The summed E-state index contributed by atoms with van der Waals surface area (Å²) in [6.07, 6.45) is 1.63. The highest BCUT2D eigenvalue weighted by Gasteiger charge is 2.32. The minimum atomic E-state index is -0.514. The van der Waals surface area contributed by atoms with Gasteiger partial charge in [-0.05, 0) is 54.0 Å². The fourth-order valence-electron chi connectivity index (χ4n) is 4.68. The first-order chi connectivity index (χ1) is 17.5. The van der Waals surface area contributed by atoms with Crippen molar-refractivity contribution >= 4 is 11.7 Å². The first kappa shape index (κ1) is 23.7. The van der Waals surface area contributed by atoms with E-state index in [0.29, 0.717) is 29.2 Å². The summed E-state index contributed by atoms with van der Waals surface area (Å²) in [5.74, 6) is -0.573. The number of carbonyl (C=O) groups is 2. The number of benzene rings is 3. The van der Waals surface area contributed by atoms with Crippen LogP contribution in [-0.2, 0) is 13.1 Å². The van der Waals surface area contributed by atoms with E-state index in [0.717, 1.165) is 24.2 Å². The van der Waals surface area contributed by atoms with Crippen LogP contribution >= 0.6 is 0 Å². The summed E-state index contributed by atoms with van der Waals surface area (Å²) < 4.78 is 1.74. The summed E-state index contributed by atoms with van der Waals surface area (Å²) in [5, 5.41) is 3.33. The highest BCUT2D eigenvalue weighted by Crippen LogP contribution is 2.30. The topological polar surface area (TPSA) is 93.2 Å². The summed E-state index contributed by atoms with van der Waals surface area (Å²) >= 11 is 0. The average molecular weight is 480 g/mol. The van der Waals surface area contributed by atoms with E-state index in [-0.39, 0.29) is 5.78 Å². The highest BCUT2D eigenvalue weighted by molar-refractivity contribution is 6.02. The molecule has 0 radical (unpaired) electrons. The maximum absolute atomic E-state index is 13.6. The van der Waals surface area contributed by atoms with Crippen molar-refractivity contribution in [3.8, 4) is 16.8 Å². The van der Waals surface area contributed by atoms with Crippen molar-refractivity contribution in [2.45, 2.75) is 26.1 Å². The Morgan fingerprint density at radius 3 is 2.64 bits per heavy atom. The van der Waals surface area contributed by atoms with Crippen LogP contribution in [0.25, 0.3) is 16.8 Å². The second-order valence-electron chi connectivity index (χ2n) is 9.11. The molecule has 0 saturated carbocycles. The molecule has 182 valence electrons. The van der Waals surface area contributed by atoms with E-state index in [2.05, 4.69) is 65.6 Å². The molecule has 0 aliphatic carbocycles. The summed E-state index contributed by atoms with van der Waals surface area (Å²) in [4.78, 5) is 32.0. The molecule has 36 heavy (non-hydrogen) atoms. The van der Waals surface area contributed by atoms with Gasteiger partial charge in [0.05, 0.1) is 11.7 Å². The van der Waals surface area contributed by atoms with Crippen LogP contribution in [0.4, 0.5) is 0 Å². The third-order valence-electron chi connectivity index (χ3n) is 6.77. The van der Waals surface area contributed by atoms with E-state index < -0.39 is 11.9 Å². The maximum Gasteiger partial charge on any atom is 0.248 e. The van der Waals surface area contributed by atoms with Gasteiger partial charge in [0.15, 0.2) is 0 Å². The lowest BCUT2D eigenvalue weighted by molar-refractivity contribution is 0.0922. The number of nitrogens with one attached hydrogen (secondary N) is 1. The van der Waals surface area contributed by atoms with E-state index in [1.807, 2.05) is 18.2 Å². The SMILES string of the molecule is CCN(C)Cc1ccccc1-c1ccc(C2NCc3ncn(-c4cccc(C(N)=O)c4)c3C2=O)cc1. The van der Waals surface area contributed by atoms with Crippen LogP contribution in [-0.4, -0.2) is 39.7 Å². The van der Waals surface area contributed by atoms with Gasteiger partial charge >= 0.3 is 0 Å². The second kappa shape index (κ2) is 9.89. The maximum atomic E-state index is 13.6. The minimum absolute atomic E-state index is 0.0593. The van der Waals surface area contributed by atoms with Crippen LogP contribution in [0.5, 0.6) is 0 Å². The Bertz CT molecular complexity index is 1420.